The van der Waals surface area contributed by atoms with E-state index in [-0.39, 0.29) is 6.04 Å². The highest BCUT2D eigenvalue weighted by Crippen LogP contribution is 2.23. The molecule has 4 nitrogen and oxygen atoms in total. The summed E-state index contributed by atoms with van der Waals surface area (Å²) in [4.78, 5) is 0.375. The van der Waals surface area contributed by atoms with Crippen molar-refractivity contribution in [3.63, 3.8) is 0 Å². The maximum absolute atomic E-state index is 12.8. The fourth-order valence-corrected chi connectivity index (χ4v) is 4.55. The smallest absolute Gasteiger partial charge is 0.243 e. The van der Waals surface area contributed by atoms with Crippen LogP contribution < -0.4 is 5.32 Å². The molecular weight excluding hydrogens is 340 g/mol. The molecule has 1 saturated heterocycles. The lowest BCUT2D eigenvalue weighted by Gasteiger charge is -2.33. The van der Waals surface area contributed by atoms with Gasteiger partial charge in [-0.3, -0.25) is 0 Å². The van der Waals surface area contributed by atoms with Crippen LogP contribution in [0.5, 0.6) is 0 Å². The van der Waals surface area contributed by atoms with Crippen molar-refractivity contribution in [2.45, 2.75) is 37.1 Å². The number of nitrogens with zero attached hydrogens (tertiary/aromatic N) is 1. The molecule has 0 radical (unpaired) electrons. The van der Waals surface area contributed by atoms with E-state index in [1.807, 2.05) is 6.92 Å². The minimum absolute atomic E-state index is 0.0670. The molecule has 20 heavy (non-hydrogen) atoms. The molecule has 1 aliphatic heterocycles. The molecule has 1 aromatic rings. The zero-order valence-electron chi connectivity index (χ0n) is 11.7. The van der Waals surface area contributed by atoms with Gasteiger partial charge in [0.2, 0.25) is 10.0 Å². The minimum atomic E-state index is -3.41. The monoisotopic (exact) mass is 360 g/mol. The van der Waals surface area contributed by atoms with E-state index in [2.05, 4.69) is 21.2 Å². The van der Waals surface area contributed by atoms with Crippen molar-refractivity contribution in [2.24, 2.45) is 0 Å². The van der Waals surface area contributed by atoms with Gasteiger partial charge in [-0.1, -0.05) is 22.9 Å². The number of piperidine rings is 1. The number of rotatable bonds is 5. The van der Waals surface area contributed by atoms with Gasteiger partial charge < -0.3 is 5.32 Å². The lowest BCUT2D eigenvalue weighted by atomic mass is 10.1. The Morgan fingerprint density at radius 2 is 2.05 bits per heavy atom. The Kier molecular flexibility index (Phi) is 5.60. The molecule has 112 valence electrons. The van der Waals surface area contributed by atoms with Crippen LogP contribution in [0.1, 0.15) is 26.2 Å². The summed E-state index contributed by atoms with van der Waals surface area (Å²) in [5, 5.41) is 3.29. The molecule has 1 aromatic carbocycles. The van der Waals surface area contributed by atoms with Crippen molar-refractivity contribution < 1.29 is 8.42 Å². The molecule has 0 saturated carbocycles. The second kappa shape index (κ2) is 7.02. The van der Waals surface area contributed by atoms with Gasteiger partial charge in [0.05, 0.1) is 4.90 Å². The molecule has 1 unspecified atom stereocenters. The summed E-state index contributed by atoms with van der Waals surface area (Å²) in [6.07, 6.45) is 2.79. The molecule has 2 rings (SSSR count). The number of hydrogen-bond donors (Lipinski definition) is 1. The van der Waals surface area contributed by atoms with Crippen LogP contribution >= 0.6 is 15.9 Å². The van der Waals surface area contributed by atoms with E-state index in [0.29, 0.717) is 11.4 Å². The van der Waals surface area contributed by atoms with Gasteiger partial charge in [0, 0.05) is 23.6 Å². The third-order valence-electron chi connectivity index (χ3n) is 3.54. The molecule has 1 N–H and O–H groups in total. The Labute approximate surface area is 129 Å². The maximum Gasteiger partial charge on any atom is 0.243 e. The predicted molar refractivity (Wildman–Crippen MR) is 84.2 cm³/mol. The molecule has 0 aliphatic carbocycles. The van der Waals surface area contributed by atoms with Crippen molar-refractivity contribution in [1.82, 2.24) is 9.62 Å². The molecular formula is C14H21BrN2O2S. The van der Waals surface area contributed by atoms with Gasteiger partial charge in [0.25, 0.3) is 0 Å². The molecule has 0 bridgehead atoms. The number of halogens is 1. The average molecular weight is 361 g/mol. The third kappa shape index (κ3) is 3.61. The highest BCUT2D eigenvalue weighted by molar-refractivity contribution is 9.10. The highest BCUT2D eigenvalue weighted by atomic mass is 79.9. The zero-order chi connectivity index (χ0) is 14.6. The van der Waals surface area contributed by atoms with Gasteiger partial charge in [0.1, 0.15) is 0 Å². The number of sulfonamides is 1. The Balaban J connectivity index is 2.28. The van der Waals surface area contributed by atoms with Crippen molar-refractivity contribution in [3.8, 4) is 0 Å². The van der Waals surface area contributed by atoms with E-state index >= 15 is 0 Å². The number of benzene rings is 1. The third-order valence-corrected chi connectivity index (χ3v) is 6.04. The Hall–Kier alpha value is -0.430. The second-order valence-electron chi connectivity index (χ2n) is 5.07. The Bertz CT molecular complexity index is 525. The van der Waals surface area contributed by atoms with E-state index < -0.39 is 10.0 Å². The SMILES string of the molecule is CCCN(C1CCCNC1)S(=O)(=O)c1ccc(Br)cc1. The van der Waals surface area contributed by atoms with E-state index in [4.69, 9.17) is 0 Å². The Morgan fingerprint density at radius 1 is 1.35 bits per heavy atom. The largest absolute Gasteiger partial charge is 0.315 e. The van der Waals surface area contributed by atoms with Gasteiger partial charge in [-0.05, 0) is 50.1 Å². The van der Waals surface area contributed by atoms with E-state index in [1.54, 1.807) is 28.6 Å². The molecule has 1 atom stereocenters. The van der Waals surface area contributed by atoms with Gasteiger partial charge in [-0.25, -0.2) is 8.42 Å². The summed E-state index contributed by atoms with van der Waals surface area (Å²) in [7, 11) is -3.41. The summed E-state index contributed by atoms with van der Waals surface area (Å²) in [6.45, 7) is 4.32. The van der Waals surface area contributed by atoms with Crippen molar-refractivity contribution in [1.29, 1.82) is 0 Å². The molecule has 1 heterocycles. The van der Waals surface area contributed by atoms with E-state index in [0.717, 1.165) is 36.8 Å². The van der Waals surface area contributed by atoms with Crippen LogP contribution in [-0.4, -0.2) is 38.4 Å². The predicted octanol–water partition coefficient (Wildman–Crippen LogP) is 2.60. The lowest BCUT2D eigenvalue weighted by Crippen LogP contribution is -2.48. The number of nitrogens with one attached hydrogen (secondary N) is 1. The van der Waals surface area contributed by atoms with Crippen LogP contribution in [0.3, 0.4) is 0 Å². The van der Waals surface area contributed by atoms with Crippen molar-refractivity contribution >= 4 is 26.0 Å². The van der Waals surface area contributed by atoms with Gasteiger partial charge in [-0.2, -0.15) is 4.31 Å². The van der Waals surface area contributed by atoms with Crippen LogP contribution in [0.25, 0.3) is 0 Å². The first-order valence-electron chi connectivity index (χ1n) is 7.04. The first-order chi connectivity index (χ1) is 9.55. The lowest BCUT2D eigenvalue weighted by molar-refractivity contribution is 0.266. The van der Waals surface area contributed by atoms with Crippen LogP contribution in [0, 0.1) is 0 Å². The Morgan fingerprint density at radius 3 is 2.60 bits per heavy atom. The van der Waals surface area contributed by atoms with E-state index in [9.17, 15) is 8.42 Å². The summed E-state index contributed by atoms with van der Waals surface area (Å²) < 4.78 is 28.2. The number of hydrogen-bond acceptors (Lipinski definition) is 3. The summed E-state index contributed by atoms with van der Waals surface area (Å²) in [5.74, 6) is 0. The fourth-order valence-electron chi connectivity index (χ4n) is 2.54. The van der Waals surface area contributed by atoms with Crippen molar-refractivity contribution in [3.05, 3.63) is 28.7 Å². The zero-order valence-corrected chi connectivity index (χ0v) is 14.1. The average Bonchev–Trinajstić information content (AvgIpc) is 2.46. The molecule has 1 aliphatic rings. The molecule has 1 fully saturated rings. The first-order valence-corrected chi connectivity index (χ1v) is 9.27. The highest BCUT2D eigenvalue weighted by Gasteiger charge is 2.31. The van der Waals surface area contributed by atoms with Crippen LogP contribution in [-0.2, 0) is 10.0 Å². The molecule has 6 heteroatoms. The molecule has 0 amide bonds. The first kappa shape index (κ1) is 15.9. The summed E-state index contributed by atoms with van der Waals surface area (Å²) >= 11 is 3.34. The van der Waals surface area contributed by atoms with Crippen molar-refractivity contribution in [2.75, 3.05) is 19.6 Å². The quantitative estimate of drug-likeness (QED) is 0.877. The van der Waals surface area contributed by atoms with Crippen LogP contribution in [0.4, 0.5) is 0 Å². The topological polar surface area (TPSA) is 49.4 Å². The van der Waals surface area contributed by atoms with Crippen LogP contribution in [0.2, 0.25) is 0 Å². The molecule has 0 spiro atoms. The summed E-state index contributed by atoms with van der Waals surface area (Å²) in [6, 6.07) is 6.94. The summed E-state index contributed by atoms with van der Waals surface area (Å²) in [5.41, 5.74) is 0. The van der Waals surface area contributed by atoms with Crippen LogP contribution in [0.15, 0.2) is 33.6 Å². The standard InChI is InChI=1S/C14H21BrN2O2S/c1-2-10-17(13-4-3-9-16-11-13)20(18,19)14-7-5-12(15)6-8-14/h5-8,13,16H,2-4,9-11H2,1H3. The minimum Gasteiger partial charge on any atom is -0.315 e. The second-order valence-corrected chi connectivity index (χ2v) is 7.88. The molecule has 0 aromatic heterocycles. The van der Waals surface area contributed by atoms with Gasteiger partial charge in [0.15, 0.2) is 0 Å². The van der Waals surface area contributed by atoms with Gasteiger partial charge in [-0.15, -0.1) is 0 Å². The normalized spacial score (nSPS) is 20.2. The maximum atomic E-state index is 12.8. The van der Waals surface area contributed by atoms with E-state index in [1.165, 1.54) is 0 Å². The van der Waals surface area contributed by atoms with Gasteiger partial charge >= 0.3 is 0 Å². The fraction of sp³-hybridized carbons (Fsp3) is 0.571.